The van der Waals surface area contributed by atoms with Gasteiger partial charge in [0.05, 0.1) is 0 Å². The Morgan fingerprint density at radius 1 is 0.586 bits per heavy atom. The van der Waals surface area contributed by atoms with E-state index in [4.69, 9.17) is 9.47 Å². The van der Waals surface area contributed by atoms with E-state index in [0.717, 1.165) is 21.6 Å². The van der Waals surface area contributed by atoms with Gasteiger partial charge in [-0.1, -0.05) is 91.0 Å². The summed E-state index contributed by atoms with van der Waals surface area (Å²) in [7, 11) is 0. The third-order valence-electron chi connectivity index (χ3n) is 4.32. The molecule has 3 aromatic carbocycles. The maximum atomic E-state index is 12.6. The van der Waals surface area contributed by atoms with Gasteiger partial charge in [0.15, 0.2) is 0 Å². The fraction of sp³-hybridized carbons (Fsp3) is 0.167. The molecule has 0 aliphatic heterocycles. The largest absolute Gasteiger partial charge is 0.444 e. The van der Waals surface area contributed by atoms with Crippen molar-refractivity contribution in [2.24, 2.45) is 0 Å². The molecule has 0 radical (unpaired) electrons. The molecule has 0 heterocycles. The normalized spacial score (nSPS) is 10.2. The molecule has 2 amide bonds. The number of hydrogen-bond donors (Lipinski definition) is 0. The van der Waals surface area contributed by atoms with E-state index in [1.54, 1.807) is 0 Å². The SMILES string of the molecule is O=C(OCc1ccccc1)N(CCc1ccccc1)C(=O)OCc1ccccc1. The number of hydrogen-bond acceptors (Lipinski definition) is 4. The van der Waals surface area contributed by atoms with E-state index in [9.17, 15) is 9.59 Å². The van der Waals surface area contributed by atoms with Gasteiger partial charge >= 0.3 is 12.2 Å². The number of benzene rings is 3. The highest BCUT2D eigenvalue weighted by molar-refractivity contribution is 5.87. The lowest BCUT2D eigenvalue weighted by Gasteiger charge is -2.20. The van der Waals surface area contributed by atoms with Gasteiger partial charge < -0.3 is 9.47 Å². The van der Waals surface area contributed by atoms with E-state index in [0.29, 0.717) is 6.42 Å². The minimum atomic E-state index is -0.720. The Kier molecular flexibility index (Phi) is 7.41. The topological polar surface area (TPSA) is 55.8 Å². The van der Waals surface area contributed by atoms with Gasteiger partial charge in [-0.2, -0.15) is 0 Å². The molecule has 0 atom stereocenters. The fourth-order valence-corrected chi connectivity index (χ4v) is 2.74. The van der Waals surface area contributed by atoms with E-state index >= 15 is 0 Å². The first-order valence-corrected chi connectivity index (χ1v) is 9.45. The van der Waals surface area contributed by atoms with Crippen molar-refractivity contribution in [1.82, 2.24) is 4.90 Å². The highest BCUT2D eigenvalue weighted by Crippen LogP contribution is 2.09. The zero-order valence-corrected chi connectivity index (χ0v) is 16.1. The molecule has 0 unspecified atom stereocenters. The van der Waals surface area contributed by atoms with Crippen LogP contribution in [0.4, 0.5) is 9.59 Å². The third-order valence-corrected chi connectivity index (χ3v) is 4.32. The average Bonchev–Trinajstić information content (AvgIpc) is 2.78. The predicted octanol–water partition coefficient (Wildman–Crippen LogP) is 5.20. The van der Waals surface area contributed by atoms with E-state index < -0.39 is 12.2 Å². The second-order valence-corrected chi connectivity index (χ2v) is 6.47. The molecule has 3 aromatic rings. The number of amides is 2. The number of carbonyl (C=O) groups excluding carboxylic acids is 2. The van der Waals surface area contributed by atoms with E-state index in [-0.39, 0.29) is 19.8 Å². The Morgan fingerprint density at radius 2 is 0.966 bits per heavy atom. The first kappa shape index (κ1) is 20.1. The minimum Gasteiger partial charge on any atom is -0.444 e. The van der Waals surface area contributed by atoms with E-state index in [1.807, 2.05) is 91.0 Å². The predicted molar refractivity (Wildman–Crippen MR) is 110 cm³/mol. The van der Waals surface area contributed by atoms with Crippen molar-refractivity contribution in [3.05, 3.63) is 108 Å². The minimum absolute atomic E-state index is 0.0907. The summed E-state index contributed by atoms with van der Waals surface area (Å²) in [5.74, 6) is 0. The summed E-state index contributed by atoms with van der Waals surface area (Å²) in [5, 5.41) is 0. The molecule has 29 heavy (non-hydrogen) atoms. The lowest BCUT2D eigenvalue weighted by molar-refractivity contribution is 0.0702. The van der Waals surface area contributed by atoms with Gasteiger partial charge in [-0.25, -0.2) is 14.5 Å². The summed E-state index contributed by atoms with van der Waals surface area (Å²) < 4.78 is 10.7. The van der Waals surface area contributed by atoms with Crippen LogP contribution >= 0.6 is 0 Å². The smallest absolute Gasteiger partial charge is 0.419 e. The summed E-state index contributed by atoms with van der Waals surface area (Å²) in [6.45, 7) is 0.353. The molecule has 0 spiro atoms. The third kappa shape index (κ3) is 6.50. The molecule has 0 aliphatic carbocycles. The summed E-state index contributed by atoms with van der Waals surface area (Å²) in [5.41, 5.74) is 2.72. The molecule has 5 nitrogen and oxygen atoms in total. The van der Waals surface area contributed by atoms with Gasteiger partial charge in [0.25, 0.3) is 0 Å². The van der Waals surface area contributed by atoms with Crippen LogP contribution in [-0.2, 0) is 29.1 Å². The van der Waals surface area contributed by atoms with Crippen molar-refractivity contribution >= 4 is 12.2 Å². The van der Waals surface area contributed by atoms with Gasteiger partial charge in [-0.15, -0.1) is 0 Å². The zero-order valence-electron chi connectivity index (χ0n) is 16.1. The monoisotopic (exact) mass is 389 g/mol. The van der Waals surface area contributed by atoms with E-state index in [1.165, 1.54) is 0 Å². The van der Waals surface area contributed by atoms with Crippen LogP contribution in [0.3, 0.4) is 0 Å². The Labute approximate surface area is 170 Å². The number of imide groups is 1. The maximum absolute atomic E-state index is 12.6. The molecule has 0 saturated carbocycles. The maximum Gasteiger partial charge on any atom is 0.419 e. The number of carbonyl (C=O) groups is 2. The molecule has 0 saturated heterocycles. The van der Waals surface area contributed by atoms with Crippen molar-refractivity contribution in [1.29, 1.82) is 0 Å². The second kappa shape index (κ2) is 10.7. The van der Waals surface area contributed by atoms with Crippen molar-refractivity contribution in [3.8, 4) is 0 Å². The van der Waals surface area contributed by atoms with Crippen LogP contribution in [-0.4, -0.2) is 23.6 Å². The van der Waals surface area contributed by atoms with Crippen LogP contribution in [0.25, 0.3) is 0 Å². The molecule has 5 heteroatoms. The summed E-state index contributed by atoms with van der Waals surface area (Å²) >= 11 is 0. The van der Waals surface area contributed by atoms with Gasteiger partial charge in [0, 0.05) is 6.54 Å². The highest BCUT2D eigenvalue weighted by atomic mass is 16.6. The van der Waals surface area contributed by atoms with Crippen molar-refractivity contribution in [2.45, 2.75) is 19.6 Å². The van der Waals surface area contributed by atoms with Gasteiger partial charge in [0.1, 0.15) is 13.2 Å². The first-order chi connectivity index (χ1) is 14.2. The van der Waals surface area contributed by atoms with Crippen LogP contribution in [0.1, 0.15) is 16.7 Å². The Morgan fingerprint density at radius 3 is 1.38 bits per heavy atom. The van der Waals surface area contributed by atoms with Crippen LogP contribution in [0.2, 0.25) is 0 Å². The second-order valence-electron chi connectivity index (χ2n) is 6.47. The molecule has 0 aromatic heterocycles. The quantitative estimate of drug-likeness (QED) is 0.557. The molecular formula is C24H23NO4. The molecule has 0 aliphatic rings. The number of ether oxygens (including phenoxy) is 2. The molecule has 148 valence electrons. The lowest BCUT2D eigenvalue weighted by atomic mass is 10.1. The van der Waals surface area contributed by atoms with Gasteiger partial charge in [-0.3, -0.25) is 0 Å². The van der Waals surface area contributed by atoms with Crippen molar-refractivity contribution in [2.75, 3.05) is 6.54 Å². The molecule has 0 N–H and O–H groups in total. The number of rotatable bonds is 7. The van der Waals surface area contributed by atoms with Crippen molar-refractivity contribution < 1.29 is 19.1 Å². The van der Waals surface area contributed by atoms with Crippen LogP contribution < -0.4 is 0 Å². The van der Waals surface area contributed by atoms with Crippen LogP contribution in [0.15, 0.2) is 91.0 Å². The van der Waals surface area contributed by atoms with Crippen LogP contribution in [0.5, 0.6) is 0 Å². The zero-order chi connectivity index (χ0) is 20.3. The molecule has 0 fully saturated rings. The summed E-state index contributed by atoms with van der Waals surface area (Å²) in [4.78, 5) is 26.2. The van der Waals surface area contributed by atoms with Crippen molar-refractivity contribution in [3.63, 3.8) is 0 Å². The standard InChI is InChI=1S/C24H23NO4/c26-23(28-18-21-12-6-2-7-13-21)25(17-16-20-10-4-1-5-11-20)24(27)29-19-22-14-8-3-9-15-22/h1-15H,16-19H2. The summed E-state index contributed by atoms with van der Waals surface area (Å²) in [6, 6.07) is 28.3. The Bertz CT molecular complexity index is 842. The van der Waals surface area contributed by atoms with Crippen LogP contribution in [0, 0.1) is 0 Å². The fourth-order valence-electron chi connectivity index (χ4n) is 2.74. The van der Waals surface area contributed by atoms with Gasteiger partial charge in [-0.05, 0) is 23.1 Å². The number of nitrogens with zero attached hydrogens (tertiary/aromatic N) is 1. The summed E-state index contributed by atoms with van der Waals surface area (Å²) in [6.07, 6.45) is -0.924. The Balaban J connectivity index is 1.62. The molecule has 0 bridgehead atoms. The first-order valence-electron chi connectivity index (χ1n) is 9.45. The molecule has 3 rings (SSSR count). The van der Waals surface area contributed by atoms with Gasteiger partial charge in [0.2, 0.25) is 0 Å². The Hall–Kier alpha value is -3.60. The molecular weight excluding hydrogens is 366 g/mol. The average molecular weight is 389 g/mol. The lowest BCUT2D eigenvalue weighted by Crippen LogP contribution is -2.39. The van der Waals surface area contributed by atoms with E-state index in [2.05, 4.69) is 0 Å². The highest BCUT2D eigenvalue weighted by Gasteiger charge is 2.24.